The minimum Gasteiger partial charge on any atom is -0.316 e. The van der Waals surface area contributed by atoms with Crippen LogP contribution in [0.25, 0.3) is 16.6 Å². The fraction of sp³-hybridized carbons (Fsp3) is 0.333. The van der Waals surface area contributed by atoms with Crippen molar-refractivity contribution in [2.45, 2.75) is 32.2 Å². The summed E-state index contributed by atoms with van der Waals surface area (Å²) in [5.41, 5.74) is 3.56. The maximum atomic E-state index is 13.3. The van der Waals surface area contributed by atoms with Crippen LogP contribution < -0.4 is 0 Å². The van der Waals surface area contributed by atoms with E-state index in [9.17, 15) is 4.39 Å². The number of aromatic nitrogens is 1. The van der Waals surface area contributed by atoms with Gasteiger partial charge < -0.3 is 9.47 Å². The molecule has 0 bridgehead atoms. The van der Waals surface area contributed by atoms with Gasteiger partial charge in [0.05, 0.1) is 5.52 Å². The van der Waals surface area contributed by atoms with Crippen LogP contribution >= 0.6 is 0 Å². The van der Waals surface area contributed by atoms with E-state index in [2.05, 4.69) is 46.9 Å². The second-order valence-corrected chi connectivity index (χ2v) is 6.81. The number of benzene rings is 2. The smallest absolute Gasteiger partial charge is 0.123 e. The van der Waals surface area contributed by atoms with Crippen molar-refractivity contribution in [3.63, 3.8) is 0 Å². The van der Waals surface area contributed by atoms with Crippen LogP contribution in [0.5, 0.6) is 0 Å². The Kier molecular flexibility index (Phi) is 4.11. The lowest BCUT2D eigenvalue weighted by molar-refractivity contribution is 0.258. The summed E-state index contributed by atoms with van der Waals surface area (Å²) in [6.07, 6.45) is 5.92. The Hall–Kier alpha value is -2.13. The third-order valence-electron chi connectivity index (χ3n) is 5.18. The molecule has 3 aromatic rings. The van der Waals surface area contributed by atoms with Crippen LogP contribution in [0.1, 0.15) is 25.3 Å². The molecule has 2 aromatic carbocycles. The zero-order valence-electron chi connectivity index (χ0n) is 14.1. The second kappa shape index (κ2) is 6.40. The Morgan fingerprint density at radius 1 is 1.00 bits per heavy atom. The van der Waals surface area contributed by atoms with Gasteiger partial charge in [-0.05, 0) is 75.2 Å². The van der Waals surface area contributed by atoms with Gasteiger partial charge in [-0.15, -0.1) is 0 Å². The summed E-state index contributed by atoms with van der Waals surface area (Å²) in [4.78, 5) is 2.59. The summed E-state index contributed by atoms with van der Waals surface area (Å²) in [5, 5.41) is 1.30. The monoisotopic (exact) mass is 322 g/mol. The Bertz CT molecular complexity index is 829. The third kappa shape index (κ3) is 2.84. The van der Waals surface area contributed by atoms with Gasteiger partial charge in [-0.1, -0.05) is 18.2 Å². The molecule has 24 heavy (non-hydrogen) atoms. The minimum absolute atomic E-state index is 0.196. The van der Waals surface area contributed by atoms with E-state index in [1.165, 1.54) is 54.5 Å². The van der Waals surface area contributed by atoms with Gasteiger partial charge in [0.25, 0.3) is 0 Å². The average Bonchev–Trinajstić information content (AvgIpc) is 3.25. The van der Waals surface area contributed by atoms with Gasteiger partial charge in [-0.3, -0.25) is 0 Å². The summed E-state index contributed by atoms with van der Waals surface area (Å²) in [7, 11) is 0. The first-order chi connectivity index (χ1) is 11.7. The van der Waals surface area contributed by atoms with Crippen LogP contribution in [0.4, 0.5) is 4.39 Å². The Morgan fingerprint density at radius 2 is 1.71 bits per heavy atom. The van der Waals surface area contributed by atoms with Crippen LogP contribution in [0.2, 0.25) is 0 Å². The molecule has 0 N–H and O–H groups in total. The molecule has 1 atom stereocenters. The molecule has 124 valence electrons. The van der Waals surface area contributed by atoms with E-state index in [1.54, 1.807) is 0 Å². The van der Waals surface area contributed by atoms with Gasteiger partial charge in [0.1, 0.15) is 5.82 Å². The molecule has 0 spiro atoms. The van der Waals surface area contributed by atoms with E-state index in [4.69, 9.17) is 0 Å². The largest absolute Gasteiger partial charge is 0.316 e. The lowest BCUT2D eigenvalue weighted by Crippen LogP contribution is -2.31. The Morgan fingerprint density at radius 3 is 2.46 bits per heavy atom. The van der Waals surface area contributed by atoms with E-state index in [1.807, 2.05) is 12.1 Å². The van der Waals surface area contributed by atoms with Crippen LogP contribution in [0.15, 0.2) is 54.7 Å². The number of hydrogen-bond acceptors (Lipinski definition) is 1. The number of fused-ring (bicyclic) bond motifs is 1. The first-order valence-corrected chi connectivity index (χ1v) is 8.81. The highest BCUT2D eigenvalue weighted by Gasteiger charge is 2.20. The number of nitrogens with zero attached hydrogens (tertiary/aromatic N) is 2. The number of halogens is 1. The highest BCUT2D eigenvalue weighted by atomic mass is 19.1. The lowest BCUT2D eigenvalue weighted by Gasteiger charge is -2.23. The first-order valence-electron chi connectivity index (χ1n) is 8.81. The lowest BCUT2D eigenvalue weighted by atomic mass is 10.1. The molecular formula is C21H23FN2. The summed E-state index contributed by atoms with van der Waals surface area (Å²) in [6.45, 7) is 4.77. The molecule has 0 radical (unpaired) electrons. The van der Waals surface area contributed by atoms with E-state index in [-0.39, 0.29) is 5.82 Å². The summed E-state index contributed by atoms with van der Waals surface area (Å²) < 4.78 is 15.4. The van der Waals surface area contributed by atoms with Crippen molar-refractivity contribution in [3.8, 4) is 5.69 Å². The topological polar surface area (TPSA) is 8.17 Å². The molecule has 1 aliphatic heterocycles. The molecule has 3 heteroatoms. The zero-order chi connectivity index (χ0) is 16.5. The van der Waals surface area contributed by atoms with Gasteiger partial charge in [0, 0.05) is 23.3 Å². The van der Waals surface area contributed by atoms with Gasteiger partial charge in [-0.25, -0.2) is 4.39 Å². The van der Waals surface area contributed by atoms with Crippen molar-refractivity contribution in [2.24, 2.45) is 0 Å². The standard InChI is InChI=1S/C21H23FN2/c1-16(23-12-4-5-13-23)14-17-15-24(19-10-8-18(22)9-11-19)21-7-3-2-6-20(17)21/h2-3,6-11,15-16H,4-5,12-14H2,1H3. The van der Waals surface area contributed by atoms with E-state index >= 15 is 0 Å². The molecule has 1 aromatic heterocycles. The van der Waals surface area contributed by atoms with Crippen molar-refractivity contribution in [1.29, 1.82) is 0 Å². The molecule has 1 saturated heterocycles. The van der Waals surface area contributed by atoms with E-state index in [0.717, 1.165) is 12.1 Å². The molecule has 1 aliphatic rings. The predicted octanol–water partition coefficient (Wildman–Crippen LogP) is 4.80. The van der Waals surface area contributed by atoms with Gasteiger partial charge >= 0.3 is 0 Å². The molecule has 4 rings (SSSR count). The maximum Gasteiger partial charge on any atom is 0.123 e. The number of rotatable bonds is 4. The van der Waals surface area contributed by atoms with Gasteiger partial charge in [0.15, 0.2) is 0 Å². The first kappa shape index (κ1) is 15.4. The summed E-state index contributed by atoms with van der Waals surface area (Å²) in [5.74, 6) is -0.196. The fourth-order valence-corrected chi connectivity index (χ4v) is 3.86. The highest BCUT2D eigenvalue weighted by Crippen LogP contribution is 2.27. The maximum absolute atomic E-state index is 13.3. The quantitative estimate of drug-likeness (QED) is 0.670. The Balaban J connectivity index is 1.72. The summed E-state index contributed by atoms with van der Waals surface area (Å²) in [6, 6.07) is 15.8. The molecular weight excluding hydrogens is 299 g/mol. The molecule has 0 amide bonds. The number of likely N-dealkylation sites (tertiary alicyclic amines) is 1. The van der Waals surface area contributed by atoms with Crippen LogP contribution in [0, 0.1) is 5.82 Å². The molecule has 0 aliphatic carbocycles. The molecule has 1 fully saturated rings. The second-order valence-electron chi connectivity index (χ2n) is 6.81. The van der Waals surface area contributed by atoms with E-state index < -0.39 is 0 Å². The molecule has 2 nitrogen and oxygen atoms in total. The predicted molar refractivity (Wildman–Crippen MR) is 97.2 cm³/mol. The van der Waals surface area contributed by atoms with Gasteiger partial charge in [0.2, 0.25) is 0 Å². The third-order valence-corrected chi connectivity index (χ3v) is 5.18. The van der Waals surface area contributed by atoms with E-state index in [0.29, 0.717) is 6.04 Å². The molecule has 2 heterocycles. The normalized spacial score (nSPS) is 16.8. The van der Waals surface area contributed by atoms with Crippen LogP contribution in [0.3, 0.4) is 0 Å². The van der Waals surface area contributed by atoms with Crippen molar-refractivity contribution < 1.29 is 4.39 Å². The number of para-hydroxylation sites is 1. The Labute approximate surface area is 142 Å². The molecule has 1 unspecified atom stereocenters. The minimum atomic E-state index is -0.196. The zero-order valence-corrected chi connectivity index (χ0v) is 14.1. The van der Waals surface area contributed by atoms with Crippen molar-refractivity contribution in [2.75, 3.05) is 13.1 Å². The SMILES string of the molecule is CC(Cc1cn(-c2ccc(F)cc2)c2ccccc12)N1CCCC1. The summed E-state index contributed by atoms with van der Waals surface area (Å²) >= 11 is 0. The van der Waals surface area contributed by atoms with Crippen LogP contribution in [-0.2, 0) is 6.42 Å². The molecule has 0 saturated carbocycles. The van der Waals surface area contributed by atoms with Crippen molar-refractivity contribution in [3.05, 3.63) is 66.1 Å². The van der Waals surface area contributed by atoms with Crippen LogP contribution in [-0.4, -0.2) is 28.6 Å². The van der Waals surface area contributed by atoms with Gasteiger partial charge in [-0.2, -0.15) is 0 Å². The van der Waals surface area contributed by atoms with Crippen molar-refractivity contribution >= 4 is 10.9 Å². The average molecular weight is 322 g/mol. The highest BCUT2D eigenvalue weighted by molar-refractivity contribution is 5.85. The number of hydrogen-bond donors (Lipinski definition) is 0. The fourth-order valence-electron chi connectivity index (χ4n) is 3.86. The van der Waals surface area contributed by atoms with Crippen molar-refractivity contribution in [1.82, 2.24) is 9.47 Å².